The molecule has 2 fully saturated rings. The van der Waals surface area contributed by atoms with Gasteiger partial charge in [-0.05, 0) is 37.5 Å². The van der Waals surface area contributed by atoms with E-state index in [9.17, 15) is 0 Å². The Morgan fingerprint density at radius 1 is 1.20 bits per heavy atom. The van der Waals surface area contributed by atoms with Crippen molar-refractivity contribution in [3.8, 4) is 0 Å². The first kappa shape index (κ1) is 9.64. The normalized spacial score (nSPS) is 31.5. The Morgan fingerprint density at radius 2 is 2.13 bits per heavy atom. The first-order valence-electron chi connectivity index (χ1n) is 6.08. The van der Waals surface area contributed by atoms with Crippen LogP contribution in [0.25, 0.3) is 0 Å². The van der Waals surface area contributed by atoms with Gasteiger partial charge in [-0.3, -0.25) is 0 Å². The van der Waals surface area contributed by atoms with Gasteiger partial charge in [0.25, 0.3) is 0 Å². The molecule has 82 valence electrons. The molecule has 2 nitrogen and oxygen atoms in total. The van der Waals surface area contributed by atoms with Gasteiger partial charge in [-0.1, -0.05) is 12.8 Å². The van der Waals surface area contributed by atoms with E-state index < -0.39 is 0 Å². The van der Waals surface area contributed by atoms with Crippen LogP contribution in [0.15, 0.2) is 11.6 Å². The zero-order valence-corrected chi connectivity index (χ0v) is 9.80. The SMILES string of the molecule is c1csc(NC2CCCC(C3CC3)C2)n1. The second kappa shape index (κ2) is 4.12. The van der Waals surface area contributed by atoms with E-state index in [4.69, 9.17) is 0 Å². The minimum atomic E-state index is 0.690. The summed E-state index contributed by atoms with van der Waals surface area (Å²) in [4.78, 5) is 4.30. The molecule has 1 heterocycles. The summed E-state index contributed by atoms with van der Waals surface area (Å²) in [6.07, 6.45) is 10.5. The number of anilines is 1. The highest BCUT2D eigenvalue weighted by Crippen LogP contribution is 2.44. The molecular weight excluding hydrogens is 204 g/mol. The van der Waals surface area contributed by atoms with Crippen molar-refractivity contribution in [2.24, 2.45) is 11.8 Å². The van der Waals surface area contributed by atoms with E-state index in [1.165, 1.54) is 38.5 Å². The van der Waals surface area contributed by atoms with Crippen molar-refractivity contribution in [3.63, 3.8) is 0 Å². The Labute approximate surface area is 95.1 Å². The molecule has 0 aromatic carbocycles. The number of hydrogen-bond donors (Lipinski definition) is 1. The number of thiazole rings is 1. The van der Waals surface area contributed by atoms with Gasteiger partial charge in [0.1, 0.15) is 0 Å². The molecule has 0 bridgehead atoms. The second-order valence-corrected chi connectivity index (χ2v) is 5.84. The molecule has 3 heteroatoms. The first-order chi connectivity index (χ1) is 7.42. The molecule has 1 aromatic rings. The molecule has 2 aliphatic rings. The van der Waals surface area contributed by atoms with Crippen LogP contribution in [0, 0.1) is 11.8 Å². The predicted molar refractivity (Wildman–Crippen MR) is 64.2 cm³/mol. The molecule has 2 unspecified atom stereocenters. The van der Waals surface area contributed by atoms with Crippen molar-refractivity contribution in [1.82, 2.24) is 4.98 Å². The summed E-state index contributed by atoms with van der Waals surface area (Å²) in [5.41, 5.74) is 0. The lowest BCUT2D eigenvalue weighted by Gasteiger charge is -2.29. The Kier molecular flexibility index (Phi) is 2.65. The number of hydrogen-bond acceptors (Lipinski definition) is 3. The van der Waals surface area contributed by atoms with Crippen molar-refractivity contribution in [1.29, 1.82) is 0 Å². The van der Waals surface area contributed by atoms with Crippen LogP contribution in [0.3, 0.4) is 0 Å². The summed E-state index contributed by atoms with van der Waals surface area (Å²) in [6.45, 7) is 0. The molecule has 0 aliphatic heterocycles. The summed E-state index contributed by atoms with van der Waals surface area (Å²) in [5, 5.41) is 6.73. The van der Waals surface area contributed by atoms with Crippen LogP contribution in [0.5, 0.6) is 0 Å². The van der Waals surface area contributed by atoms with Crippen molar-refractivity contribution in [3.05, 3.63) is 11.6 Å². The largest absolute Gasteiger partial charge is 0.359 e. The molecule has 2 aliphatic carbocycles. The number of aromatic nitrogens is 1. The fourth-order valence-electron chi connectivity index (χ4n) is 2.82. The third-order valence-corrected chi connectivity index (χ3v) is 4.47. The maximum absolute atomic E-state index is 4.30. The van der Waals surface area contributed by atoms with Gasteiger partial charge in [-0.25, -0.2) is 4.98 Å². The lowest BCUT2D eigenvalue weighted by molar-refractivity contribution is 0.303. The summed E-state index contributed by atoms with van der Waals surface area (Å²) < 4.78 is 0. The van der Waals surface area contributed by atoms with Crippen molar-refractivity contribution >= 4 is 16.5 Å². The molecule has 1 N–H and O–H groups in total. The van der Waals surface area contributed by atoms with Crippen molar-refractivity contribution < 1.29 is 0 Å². The predicted octanol–water partition coefficient (Wildman–Crippen LogP) is 3.52. The van der Waals surface area contributed by atoms with Crippen LogP contribution in [0.2, 0.25) is 0 Å². The Balaban J connectivity index is 1.56. The van der Waals surface area contributed by atoms with Gasteiger partial charge >= 0.3 is 0 Å². The van der Waals surface area contributed by atoms with Crippen LogP contribution in [-0.4, -0.2) is 11.0 Å². The highest BCUT2D eigenvalue weighted by atomic mass is 32.1. The molecular formula is C12H18N2S. The smallest absolute Gasteiger partial charge is 0.182 e. The highest BCUT2D eigenvalue weighted by molar-refractivity contribution is 7.13. The van der Waals surface area contributed by atoms with Crippen molar-refractivity contribution in [2.75, 3.05) is 5.32 Å². The molecule has 0 radical (unpaired) electrons. The summed E-state index contributed by atoms with van der Waals surface area (Å²) in [6, 6.07) is 0.690. The van der Waals surface area contributed by atoms with Gasteiger partial charge in [-0.15, -0.1) is 11.3 Å². The molecule has 0 spiro atoms. The Hall–Kier alpha value is -0.570. The molecule has 2 saturated carbocycles. The zero-order valence-electron chi connectivity index (χ0n) is 8.98. The van der Waals surface area contributed by atoms with Crippen molar-refractivity contribution in [2.45, 2.75) is 44.6 Å². The van der Waals surface area contributed by atoms with E-state index >= 15 is 0 Å². The van der Waals surface area contributed by atoms with E-state index in [1.54, 1.807) is 11.3 Å². The quantitative estimate of drug-likeness (QED) is 0.846. The standard InChI is InChI=1S/C12H18N2S/c1-2-10(9-4-5-9)8-11(3-1)14-12-13-6-7-15-12/h6-7,9-11H,1-5,8H2,(H,13,14). The number of rotatable bonds is 3. The fraction of sp³-hybridized carbons (Fsp3) is 0.750. The fourth-order valence-corrected chi connectivity index (χ4v) is 3.43. The minimum Gasteiger partial charge on any atom is -0.359 e. The lowest BCUT2D eigenvalue weighted by Crippen LogP contribution is -2.28. The highest BCUT2D eigenvalue weighted by Gasteiger charge is 2.34. The second-order valence-electron chi connectivity index (χ2n) is 4.94. The van der Waals surface area contributed by atoms with Gasteiger partial charge in [0, 0.05) is 17.6 Å². The lowest BCUT2D eigenvalue weighted by atomic mass is 9.83. The van der Waals surface area contributed by atoms with Crippen LogP contribution >= 0.6 is 11.3 Å². The molecule has 0 amide bonds. The maximum Gasteiger partial charge on any atom is 0.182 e. The third-order valence-electron chi connectivity index (χ3n) is 3.76. The Morgan fingerprint density at radius 3 is 2.87 bits per heavy atom. The van der Waals surface area contributed by atoms with Gasteiger partial charge in [0.05, 0.1) is 0 Å². The average molecular weight is 222 g/mol. The van der Waals surface area contributed by atoms with E-state index in [2.05, 4.69) is 10.3 Å². The first-order valence-corrected chi connectivity index (χ1v) is 6.96. The van der Waals surface area contributed by atoms with E-state index in [0.29, 0.717) is 6.04 Å². The summed E-state index contributed by atoms with van der Waals surface area (Å²) >= 11 is 1.72. The number of nitrogens with one attached hydrogen (secondary N) is 1. The molecule has 0 saturated heterocycles. The topological polar surface area (TPSA) is 24.9 Å². The Bertz CT molecular complexity index is 305. The zero-order chi connectivity index (χ0) is 10.1. The minimum absolute atomic E-state index is 0.690. The van der Waals surface area contributed by atoms with E-state index in [1.807, 2.05) is 11.6 Å². The van der Waals surface area contributed by atoms with Crippen LogP contribution < -0.4 is 5.32 Å². The summed E-state index contributed by atoms with van der Waals surface area (Å²) in [7, 11) is 0. The number of nitrogens with zero attached hydrogens (tertiary/aromatic N) is 1. The molecule has 15 heavy (non-hydrogen) atoms. The van der Waals surface area contributed by atoms with Gasteiger partial charge in [0.2, 0.25) is 0 Å². The monoisotopic (exact) mass is 222 g/mol. The van der Waals surface area contributed by atoms with Gasteiger partial charge in [-0.2, -0.15) is 0 Å². The molecule has 3 rings (SSSR count). The molecule has 2 atom stereocenters. The maximum atomic E-state index is 4.30. The third kappa shape index (κ3) is 2.33. The molecule has 1 aromatic heterocycles. The summed E-state index contributed by atoms with van der Waals surface area (Å²) in [5.74, 6) is 2.09. The van der Waals surface area contributed by atoms with Gasteiger partial charge in [0.15, 0.2) is 5.13 Å². The van der Waals surface area contributed by atoms with Crippen LogP contribution in [0.4, 0.5) is 5.13 Å². The average Bonchev–Trinajstić information content (AvgIpc) is 3.00. The van der Waals surface area contributed by atoms with Gasteiger partial charge < -0.3 is 5.32 Å². The van der Waals surface area contributed by atoms with Crippen LogP contribution in [0.1, 0.15) is 38.5 Å². The van der Waals surface area contributed by atoms with Crippen LogP contribution in [-0.2, 0) is 0 Å². The van der Waals surface area contributed by atoms with E-state index in [0.717, 1.165) is 17.0 Å². The van der Waals surface area contributed by atoms with E-state index in [-0.39, 0.29) is 0 Å².